The minimum absolute atomic E-state index is 0.117. The normalized spacial score (nSPS) is 19.5. The van der Waals surface area contributed by atoms with Gasteiger partial charge in [-0.15, -0.1) is 22.7 Å². The van der Waals surface area contributed by atoms with E-state index >= 15 is 0 Å². The van der Waals surface area contributed by atoms with Crippen LogP contribution in [0.1, 0.15) is 78.3 Å². The van der Waals surface area contributed by atoms with Crippen LogP contribution in [0.25, 0.3) is 0 Å². The fourth-order valence-electron chi connectivity index (χ4n) is 5.69. The Bertz CT molecular complexity index is 1770. The quantitative estimate of drug-likeness (QED) is 0.134. The third-order valence-electron chi connectivity index (χ3n) is 8.19. The number of carbonyl (C=O) groups is 3. The monoisotopic (exact) mass is 766 g/mol. The lowest BCUT2D eigenvalue weighted by Crippen LogP contribution is -2.37. The van der Waals surface area contributed by atoms with Gasteiger partial charge in [0.15, 0.2) is 0 Å². The Kier molecular flexibility index (Phi) is 14.1. The number of thiazole rings is 2. The zero-order valence-corrected chi connectivity index (χ0v) is 32.2. The van der Waals surface area contributed by atoms with Gasteiger partial charge >= 0.3 is 18.0 Å². The molecule has 0 aromatic carbocycles. The van der Waals surface area contributed by atoms with Crippen molar-refractivity contribution in [2.75, 3.05) is 27.3 Å². The van der Waals surface area contributed by atoms with Crippen LogP contribution in [-0.4, -0.2) is 88.0 Å². The van der Waals surface area contributed by atoms with Crippen LogP contribution in [0.3, 0.4) is 0 Å². The van der Waals surface area contributed by atoms with Crippen molar-refractivity contribution in [2.24, 2.45) is 0 Å². The molecule has 2 aliphatic heterocycles. The molecular weight excluding hydrogens is 721 g/mol. The second-order valence-corrected chi connectivity index (χ2v) is 15.7. The fourth-order valence-corrected chi connectivity index (χ4v) is 7.73. The maximum Gasteiger partial charge on any atom is 0.411 e. The van der Waals surface area contributed by atoms with E-state index in [0.29, 0.717) is 44.4 Å². The molecule has 0 unspecified atom stereocenters. The van der Waals surface area contributed by atoms with Gasteiger partial charge in [-0.05, 0) is 57.9 Å². The summed E-state index contributed by atoms with van der Waals surface area (Å²) in [6.45, 7) is 6.71. The number of likely N-dealkylation sites (tertiary alicyclic amines) is 1. The molecule has 1 amide bonds. The van der Waals surface area contributed by atoms with E-state index < -0.39 is 11.7 Å². The summed E-state index contributed by atoms with van der Waals surface area (Å²) < 4.78 is 26.9. The average molecular weight is 767 g/mol. The smallest absolute Gasteiger partial charge is 0.411 e. The number of nitrogens with one attached hydrogen (secondary N) is 1. The molecule has 0 spiro atoms. The zero-order chi connectivity index (χ0) is 37.8. The summed E-state index contributed by atoms with van der Waals surface area (Å²) >= 11 is 3.14. The zero-order valence-electron chi connectivity index (χ0n) is 30.6. The molecule has 0 bridgehead atoms. The van der Waals surface area contributed by atoms with E-state index in [2.05, 4.69) is 30.0 Å². The largest absolute Gasteiger partial charge is 0.487 e. The maximum atomic E-state index is 12.9. The number of nitrogens with zero attached hydrogens (tertiary/aromatic N) is 5. The lowest BCUT2D eigenvalue weighted by molar-refractivity contribution is -0.141. The number of esters is 2. The number of aromatic nitrogens is 4. The first-order valence-corrected chi connectivity index (χ1v) is 19.0. The predicted molar refractivity (Wildman–Crippen MR) is 198 cm³/mol. The molecule has 6 rings (SSSR count). The molecule has 4 aromatic rings. The van der Waals surface area contributed by atoms with E-state index in [0.717, 1.165) is 38.5 Å². The SMILES string of the molecule is COC(=O)CCc1cnc([C@@H]2C[C@H](Oc3cccnc3)CN2)s1.COC(=O)CCc1cnc([C@@H]2C[C@H](Oc3cccnc3)CN2C(=O)OC(C)(C)C)s1. The highest BCUT2D eigenvalue weighted by Crippen LogP contribution is 2.37. The molecule has 0 radical (unpaired) electrons. The number of rotatable bonds is 12. The van der Waals surface area contributed by atoms with Gasteiger partial charge in [-0.2, -0.15) is 0 Å². The number of carbonyl (C=O) groups excluding carboxylic acids is 3. The van der Waals surface area contributed by atoms with E-state index in [1.165, 1.54) is 25.6 Å². The van der Waals surface area contributed by atoms with Gasteiger partial charge in [0.2, 0.25) is 0 Å². The van der Waals surface area contributed by atoms with Crippen molar-refractivity contribution in [2.45, 2.75) is 89.2 Å². The third kappa shape index (κ3) is 12.2. The first kappa shape index (κ1) is 39.5. The van der Waals surface area contributed by atoms with Gasteiger partial charge in [-0.1, -0.05) is 0 Å². The number of aryl methyl sites for hydroxylation is 2. The summed E-state index contributed by atoms with van der Waals surface area (Å²) in [6, 6.07) is 7.37. The highest BCUT2D eigenvalue weighted by molar-refractivity contribution is 7.12. The summed E-state index contributed by atoms with van der Waals surface area (Å²) in [7, 11) is 2.78. The van der Waals surface area contributed by atoms with Crippen molar-refractivity contribution < 1.29 is 38.1 Å². The van der Waals surface area contributed by atoms with E-state index in [1.807, 2.05) is 51.2 Å². The minimum Gasteiger partial charge on any atom is -0.487 e. The summed E-state index contributed by atoms with van der Waals surface area (Å²) in [5, 5.41) is 5.29. The van der Waals surface area contributed by atoms with Gasteiger partial charge in [-0.25, -0.2) is 14.8 Å². The van der Waals surface area contributed by atoms with Crippen LogP contribution in [-0.2, 0) is 36.6 Å². The molecule has 2 saturated heterocycles. The summed E-state index contributed by atoms with van der Waals surface area (Å²) in [5.74, 6) is 0.998. The number of methoxy groups -OCH3 is 2. The Morgan fingerprint density at radius 3 is 1.92 bits per heavy atom. The summed E-state index contributed by atoms with van der Waals surface area (Å²) in [6.07, 6.45) is 13.3. The molecule has 4 aromatic heterocycles. The van der Waals surface area contributed by atoms with Gasteiger partial charge in [0.25, 0.3) is 0 Å². The second-order valence-electron chi connectivity index (χ2n) is 13.4. The number of hydrogen-bond donors (Lipinski definition) is 1. The Morgan fingerprint density at radius 1 is 0.811 bits per heavy atom. The molecule has 2 aliphatic rings. The molecule has 0 saturated carbocycles. The van der Waals surface area contributed by atoms with Crippen molar-refractivity contribution in [1.82, 2.24) is 30.2 Å². The van der Waals surface area contributed by atoms with E-state index in [4.69, 9.17) is 18.9 Å². The van der Waals surface area contributed by atoms with Crippen molar-refractivity contribution in [1.29, 1.82) is 0 Å². The molecule has 0 aliphatic carbocycles. The first-order chi connectivity index (χ1) is 25.5. The van der Waals surface area contributed by atoms with E-state index in [1.54, 1.807) is 47.2 Å². The lowest BCUT2D eigenvalue weighted by Gasteiger charge is -2.27. The minimum atomic E-state index is -0.599. The fraction of sp³-hybridized carbons (Fsp3) is 0.486. The van der Waals surface area contributed by atoms with Crippen molar-refractivity contribution in [3.8, 4) is 11.5 Å². The van der Waals surface area contributed by atoms with Crippen LogP contribution in [0.15, 0.2) is 61.4 Å². The number of amides is 1. The number of ether oxygens (including phenoxy) is 5. The molecule has 4 atom stereocenters. The Labute approximate surface area is 317 Å². The first-order valence-electron chi connectivity index (χ1n) is 17.4. The lowest BCUT2D eigenvalue weighted by atomic mass is 10.2. The standard InChI is InChI=1S/C21H27N3O5S.C16H19N3O3S/c1-21(2,3)29-20(26)24-13-15(28-14-6-5-9-22-11-14)10-17(24)19-23-12-16(30-19)7-8-18(25)27-4;1-21-15(20)5-4-13-10-19-16(23-13)14-7-12(9-18-14)22-11-3-2-6-17-8-11/h5-6,9,11-12,15,17H,7-8,10,13H2,1-4H3;2-3,6,8,10,12,14,18H,4-5,7,9H2,1H3/t15-,17-;12-,14-/m00/s1. The number of hydrogen-bond acceptors (Lipinski definition) is 15. The average Bonchev–Trinajstić information content (AvgIpc) is 3.97. The molecular formula is C37H46N6O8S2. The third-order valence-corrected chi connectivity index (χ3v) is 10.5. The molecule has 2 fully saturated rings. The second kappa shape index (κ2) is 18.9. The van der Waals surface area contributed by atoms with Gasteiger partial charge in [0.1, 0.15) is 39.3 Å². The summed E-state index contributed by atoms with van der Waals surface area (Å²) in [4.78, 5) is 56.3. The molecule has 284 valence electrons. The van der Waals surface area contributed by atoms with Crippen LogP contribution in [0.2, 0.25) is 0 Å². The van der Waals surface area contributed by atoms with Crippen molar-refractivity contribution in [3.05, 3.63) is 81.2 Å². The molecule has 6 heterocycles. The molecule has 53 heavy (non-hydrogen) atoms. The van der Waals surface area contributed by atoms with Crippen LogP contribution < -0.4 is 14.8 Å². The van der Waals surface area contributed by atoms with Crippen LogP contribution in [0, 0.1) is 0 Å². The van der Waals surface area contributed by atoms with Gasteiger partial charge in [0.05, 0.1) is 58.1 Å². The molecule has 16 heteroatoms. The van der Waals surface area contributed by atoms with Crippen LogP contribution >= 0.6 is 22.7 Å². The molecule has 14 nitrogen and oxygen atoms in total. The van der Waals surface area contributed by atoms with Crippen LogP contribution in [0.5, 0.6) is 11.5 Å². The Hall–Kier alpha value is -4.67. The summed E-state index contributed by atoms with van der Waals surface area (Å²) in [5.41, 5.74) is -0.599. The van der Waals surface area contributed by atoms with Crippen LogP contribution in [0.4, 0.5) is 4.79 Å². The van der Waals surface area contributed by atoms with Gasteiger partial charge < -0.3 is 29.0 Å². The Morgan fingerprint density at radius 2 is 1.38 bits per heavy atom. The van der Waals surface area contributed by atoms with Gasteiger partial charge in [0, 0.05) is 53.9 Å². The molecule has 1 N–H and O–H groups in total. The van der Waals surface area contributed by atoms with Crippen molar-refractivity contribution in [3.63, 3.8) is 0 Å². The highest BCUT2D eigenvalue weighted by atomic mass is 32.1. The highest BCUT2D eigenvalue weighted by Gasteiger charge is 2.41. The van der Waals surface area contributed by atoms with Crippen molar-refractivity contribution >= 4 is 40.7 Å². The predicted octanol–water partition coefficient (Wildman–Crippen LogP) is 5.90. The number of pyridine rings is 2. The Balaban J connectivity index is 0.000000211. The van der Waals surface area contributed by atoms with Gasteiger partial charge in [-0.3, -0.25) is 24.5 Å². The maximum absolute atomic E-state index is 12.9. The van der Waals surface area contributed by atoms with E-state index in [-0.39, 0.29) is 36.2 Å². The van der Waals surface area contributed by atoms with E-state index in [9.17, 15) is 14.4 Å². The topological polar surface area (TPSA) is 164 Å².